The fourth-order valence-corrected chi connectivity index (χ4v) is 2.96. The van der Waals surface area contributed by atoms with Crippen LogP contribution in [0.4, 0.5) is 0 Å². The first-order valence-electron chi connectivity index (χ1n) is 9.25. The van der Waals surface area contributed by atoms with E-state index < -0.39 is 59.9 Å². The number of likely N-dealkylation sites (tertiary alicyclic amines) is 1. The summed E-state index contributed by atoms with van der Waals surface area (Å²) < 4.78 is 0. The SMILES string of the molecule is CC(NC(=O)C1CCCN1C(=O)C(N)CCC(=O)O)C(=O)NC(C(=O)O)C(C)O. The summed E-state index contributed by atoms with van der Waals surface area (Å²) in [7, 11) is 0. The van der Waals surface area contributed by atoms with Crippen LogP contribution in [0.2, 0.25) is 0 Å². The number of amides is 3. The van der Waals surface area contributed by atoms with E-state index in [1.165, 1.54) is 18.7 Å². The minimum Gasteiger partial charge on any atom is -0.481 e. The maximum Gasteiger partial charge on any atom is 0.328 e. The molecule has 5 atom stereocenters. The molecule has 12 nitrogen and oxygen atoms in total. The summed E-state index contributed by atoms with van der Waals surface area (Å²) >= 11 is 0. The predicted octanol–water partition coefficient (Wildman–Crippen LogP) is -2.38. The van der Waals surface area contributed by atoms with Crippen molar-refractivity contribution in [3.63, 3.8) is 0 Å². The van der Waals surface area contributed by atoms with Crippen LogP contribution >= 0.6 is 0 Å². The van der Waals surface area contributed by atoms with E-state index in [9.17, 15) is 29.1 Å². The van der Waals surface area contributed by atoms with Gasteiger partial charge in [0.15, 0.2) is 6.04 Å². The molecule has 5 unspecified atom stereocenters. The zero-order valence-electron chi connectivity index (χ0n) is 16.3. The van der Waals surface area contributed by atoms with E-state index in [1.807, 2.05) is 0 Å². The van der Waals surface area contributed by atoms with Gasteiger partial charge >= 0.3 is 11.9 Å². The molecular formula is C17H28N4O8. The van der Waals surface area contributed by atoms with Gasteiger partial charge in [-0.1, -0.05) is 0 Å². The van der Waals surface area contributed by atoms with Crippen LogP contribution in [0.25, 0.3) is 0 Å². The third kappa shape index (κ3) is 6.98. The van der Waals surface area contributed by atoms with E-state index in [1.54, 1.807) is 0 Å². The van der Waals surface area contributed by atoms with Gasteiger partial charge in [-0.15, -0.1) is 0 Å². The molecule has 1 heterocycles. The lowest BCUT2D eigenvalue weighted by Crippen LogP contribution is -2.57. The Morgan fingerprint density at radius 3 is 2.28 bits per heavy atom. The van der Waals surface area contributed by atoms with Crippen molar-refractivity contribution in [2.45, 2.75) is 69.8 Å². The number of nitrogens with two attached hydrogens (primary N) is 1. The lowest BCUT2D eigenvalue weighted by Gasteiger charge is -2.28. The number of carbonyl (C=O) groups is 5. The van der Waals surface area contributed by atoms with Crippen molar-refractivity contribution in [1.29, 1.82) is 0 Å². The lowest BCUT2D eigenvalue weighted by molar-refractivity contribution is -0.145. The van der Waals surface area contributed by atoms with Crippen LogP contribution in [-0.2, 0) is 24.0 Å². The number of aliphatic carboxylic acids is 2. The first-order valence-corrected chi connectivity index (χ1v) is 9.25. The molecule has 1 fully saturated rings. The van der Waals surface area contributed by atoms with Crippen molar-refractivity contribution in [2.24, 2.45) is 5.73 Å². The molecular weight excluding hydrogens is 388 g/mol. The van der Waals surface area contributed by atoms with Crippen LogP contribution in [0.5, 0.6) is 0 Å². The number of aliphatic hydroxyl groups is 1. The molecule has 0 aromatic rings. The summed E-state index contributed by atoms with van der Waals surface area (Å²) in [6.45, 7) is 2.83. The standard InChI is InChI=1S/C17H28N4O8/c1-8(14(25)20-13(9(2)22)17(28)29)19-15(26)11-4-3-7-21(11)16(27)10(18)5-6-12(23)24/h8-11,13,22H,3-7,18H2,1-2H3,(H,19,26)(H,20,25)(H,23,24)(H,28,29). The minimum atomic E-state index is -1.53. The van der Waals surface area contributed by atoms with Gasteiger partial charge in [0, 0.05) is 13.0 Å². The van der Waals surface area contributed by atoms with Crippen LogP contribution in [0.1, 0.15) is 39.5 Å². The molecule has 1 aliphatic heterocycles. The van der Waals surface area contributed by atoms with Crippen molar-refractivity contribution in [3.05, 3.63) is 0 Å². The molecule has 0 aromatic heterocycles. The van der Waals surface area contributed by atoms with Crippen LogP contribution < -0.4 is 16.4 Å². The van der Waals surface area contributed by atoms with E-state index in [4.69, 9.17) is 15.9 Å². The second kappa shape index (κ2) is 10.7. The summed E-state index contributed by atoms with van der Waals surface area (Å²) in [6, 6.07) is -4.55. The summed E-state index contributed by atoms with van der Waals surface area (Å²) in [5.41, 5.74) is 5.74. The van der Waals surface area contributed by atoms with Gasteiger partial charge in [0.05, 0.1) is 12.1 Å². The predicted molar refractivity (Wildman–Crippen MR) is 98.4 cm³/mol. The molecule has 0 aromatic carbocycles. The van der Waals surface area contributed by atoms with E-state index in [0.717, 1.165) is 0 Å². The van der Waals surface area contributed by atoms with Crippen LogP contribution in [0, 0.1) is 0 Å². The summed E-state index contributed by atoms with van der Waals surface area (Å²) in [5, 5.41) is 31.7. The molecule has 0 bridgehead atoms. The largest absolute Gasteiger partial charge is 0.481 e. The lowest BCUT2D eigenvalue weighted by atomic mass is 10.1. The number of carboxylic acid groups (broad SMARTS) is 2. The topological polar surface area (TPSA) is 199 Å². The molecule has 3 amide bonds. The summed E-state index contributed by atoms with van der Waals surface area (Å²) in [5.74, 6) is -4.45. The number of nitrogens with one attached hydrogen (secondary N) is 2. The van der Waals surface area contributed by atoms with Gasteiger partial charge in [-0.25, -0.2) is 4.79 Å². The quantitative estimate of drug-likeness (QED) is 0.225. The molecule has 0 aliphatic carbocycles. The average molecular weight is 416 g/mol. The van der Waals surface area contributed by atoms with Crippen molar-refractivity contribution in [3.8, 4) is 0 Å². The summed E-state index contributed by atoms with van der Waals surface area (Å²) in [4.78, 5) is 60.1. The van der Waals surface area contributed by atoms with Crippen molar-refractivity contribution in [2.75, 3.05) is 6.54 Å². The number of carbonyl (C=O) groups excluding carboxylic acids is 3. The molecule has 1 saturated heterocycles. The van der Waals surface area contributed by atoms with Gasteiger partial charge in [0.25, 0.3) is 0 Å². The smallest absolute Gasteiger partial charge is 0.328 e. The van der Waals surface area contributed by atoms with Crippen molar-refractivity contribution >= 4 is 29.7 Å². The molecule has 0 radical (unpaired) electrons. The van der Waals surface area contributed by atoms with E-state index in [2.05, 4.69) is 10.6 Å². The fourth-order valence-electron chi connectivity index (χ4n) is 2.96. The summed E-state index contributed by atoms with van der Waals surface area (Å²) in [6.07, 6.45) is -0.784. The highest BCUT2D eigenvalue weighted by Gasteiger charge is 2.37. The highest BCUT2D eigenvalue weighted by molar-refractivity contribution is 5.94. The number of hydrogen-bond acceptors (Lipinski definition) is 7. The third-order valence-electron chi connectivity index (χ3n) is 4.62. The Morgan fingerprint density at radius 2 is 1.76 bits per heavy atom. The Morgan fingerprint density at radius 1 is 1.14 bits per heavy atom. The van der Waals surface area contributed by atoms with Crippen molar-refractivity contribution < 1.29 is 39.3 Å². The van der Waals surface area contributed by atoms with Gasteiger partial charge in [-0.2, -0.15) is 0 Å². The van der Waals surface area contributed by atoms with Gasteiger partial charge < -0.3 is 36.6 Å². The number of rotatable bonds is 10. The Labute approximate surface area is 167 Å². The second-order valence-electron chi connectivity index (χ2n) is 7.02. The van der Waals surface area contributed by atoms with E-state index >= 15 is 0 Å². The fraction of sp³-hybridized carbons (Fsp3) is 0.706. The molecule has 164 valence electrons. The molecule has 1 aliphatic rings. The minimum absolute atomic E-state index is 0.0618. The Kier molecular flexibility index (Phi) is 8.98. The first-order chi connectivity index (χ1) is 13.5. The maximum absolute atomic E-state index is 12.5. The number of carboxylic acids is 2. The van der Waals surface area contributed by atoms with Gasteiger partial charge in [-0.05, 0) is 33.1 Å². The maximum atomic E-state index is 12.5. The molecule has 1 rings (SSSR count). The van der Waals surface area contributed by atoms with Gasteiger partial charge in [0.1, 0.15) is 12.1 Å². The third-order valence-corrected chi connectivity index (χ3v) is 4.62. The zero-order chi connectivity index (χ0) is 22.3. The second-order valence-corrected chi connectivity index (χ2v) is 7.02. The Hall–Kier alpha value is -2.73. The Bertz CT molecular complexity index is 653. The van der Waals surface area contributed by atoms with Crippen LogP contribution in [0.3, 0.4) is 0 Å². The number of nitrogens with zero attached hydrogens (tertiary/aromatic N) is 1. The Balaban J connectivity index is 2.69. The molecule has 0 spiro atoms. The first kappa shape index (κ1) is 24.3. The normalized spacial score (nSPS) is 20.3. The van der Waals surface area contributed by atoms with Crippen molar-refractivity contribution in [1.82, 2.24) is 15.5 Å². The molecule has 12 heteroatoms. The van der Waals surface area contributed by atoms with Gasteiger partial charge in [-0.3, -0.25) is 19.2 Å². The number of aliphatic hydroxyl groups excluding tert-OH is 1. The van der Waals surface area contributed by atoms with E-state index in [-0.39, 0.29) is 19.4 Å². The molecule has 0 saturated carbocycles. The van der Waals surface area contributed by atoms with Crippen LogP contribution in [-0.4, -0.2) is 86.7 Å². The average Bonchev–Trinajstić information content (AvgIpc) is 3.12. The number of hydrogen-bond donors (Lipinski definition) is 6. The monoisotopic (exact) mass is 416 g/mol. The van der Waals surface area contributed by atoms with Gasteiger partial charge in [0.2, 0.25) is 17.7 Å². The highest BCUT2D eigenvalue weighted by atomic mass is 16.4. The zero-order valence-corrected chi connectivity index (χ0v) is 16.3. The molecule has 29 heavy (non-hydrogen) atoms. The van der Waals surface area contributed by atoms with E-state index in [0.29, 0.717) is 12.8 Å². The molecule has 7 N–H and O–H groups in total. The highest BCUT2D eigenvalue weighted by Crippen LogP contribution is 2.19. The van der Waals surface area contributed by atoms with Crippen LogP contribution in [0.15, 0.2) is 0 Å².